The number of sulfone groups is 1. The highest BCUT2D eigenvalue weighted by atomic mass is 32.2. The Kier molecular flexibility index (Phi) is 6.84. The van der Waals surface area contributed by atoms with Crippen LogP contribution in [-0.2, 0) is 25.8 Å². The average molecular weight is 433 g/mol. The van der Waals surface area contributed by atoms with Gasteiger partial charge in [-0.25, -0.2) is 8.42 Å². The molecule has 152 valence electrons. The summed E-state index contributed by atoms with van der Waals surface area (Å²) in [6.45, 7) is 0.0264. The van der Waals surface area contributed by atoms with Crippen molar-refractivity contribution in [1.82, 2.24) is 10.6 Å². The summed E-state index contributed by atoms with van der Waals surface area (Å²) in [5, 5.41) is 5.72. The Morgan fingerprint density at radius 2 is 1.72 bits per heavy atom. The molecular formula is C20H20N2O5S2. The predicted molar refractivity (Wildman–Crippen MR) is 109 cm³/mol. The van der Waals surface area contributed by atoms with E-state index in [1.54, 1.807) is 47.8 Å². The molecule has 0 radical (unpaired) electrons. The highest BCUT2D eigenvalue weighted by Crippen LogP contribution is 2.31. The van der Waals surface area contributed by atoms with Crippen LogP contribution in [0.4, 0.5) is 0 Å². The molecule has 0 bridgehead atoms. The molecule has 1 aromatic carbocycles. The van der Waals surface area contributed by atoms with Crippen molar-refractivity contribution in [3.8, 4) is 0 Å². The summed E-state index contributed by atoms with van der Waals surface area (Å²) < 4.78 is 31.3. The number of benzene rings is 1. The zero-order valence-corrected chi connectivity index (χ0v) is 17.0. The van der Waals surface area contributed by atoms with Gasteiger partial charge in [0.2, 0.25) is 0 Å². The maximum absolute atomic E-state index is 13.1. The monoisotopic (exact) mass is 432 g/mol. The fourth-order valence-electron chi connectivity index (χ4n) is 2.71. The Bertz CT molecular complexity index is 1030. The second-order valence-corrected chi connectivity index (χ2v) is 9.27. The van der Waals surface area contributed by atoms with Crippen LogP contribution in [0.1, 0.15) is 15.9 Å². The van der Waals surface area contributed by atoms with E-state index in [4.69, 9.17) is 4.42 Å². The van der Waals surface area contributed by atoms with Crippen molar-refractivity contribution in [2.75, 3.05) is 13.1 Å². The quantitative estimate of drug-likeness (QED) is 0.532. The van der Waals surface area contributed by atoms with E-state index in [0.717, 1.165) is 0 Å². The van der Waals surface area contributed by atoms with E-state index in [1.807, 2.05) is 0 Å². The Morgan fingerprint density at radius 3 is 2.38 bits per heavy atom. The standard InChI is InChI=1S/C20H20N2O5S2/c23-19(21-11-10-15-6-4-12-27-15)20(24)22-14-18(17-9-5-13-28-17)29(25,26)16-7-2-1-3-8-16/h1-9,12-13,18H,10-11,14H2,(H,21,23)(H,22,24). The summed E-state index contributed by atoms with van der Waals surface area (Å²) in [7, 11) is -3.74. The van der Waals surface area contributed by atoms with Gasteiger partial charge in [-0.1, -0.05) is 24.3 Å². The molecule has 0 saturated carbocycles. The lowest BCUT2D eigenvalue weighted by molar-refractivity contribution is -0.139. The Morgan fingerprint density at radius 1 is 0.966 bits per heavy atom. The van der Waals surface area contributed by atoms with Gasteiger partial charge in [0.15, 0.2) is 9.84 Å². The molecule has 0 saturated heterocycles. The maximum atomic E-state index is 13.1. The topological polar surface area (TPSA) is 105 Å². The van der Waals surface area contributed by atoms with Crippen LogP contribution in [0, 0.1) is 0 Å². The lowest BCUT2D eigenvalue weighted by Gasteiger charge is -2.17. The zero-order valence-electron chi connectivity index (χ0n) is 15.4. The van der Waals surface area contributed by atoms with E-state index in [-0.39, 0.29) is 18.0 Å². The molecule has 3 rings (SSSR count). The molecular weight excluding hydrogens is 412 g/mol. The molecule has 29 heavy (non-hydrogen) atoms. The van der Waals surface area contributed by atoms with Gasteiger partial charge >= 0.3 is 11.8 Å². The van der Waals surface area contributed by atoms with Crippen LogP contribution >= 0.6 is 11.3 Å². The molecule has 1 atom stereocenters. The molecule has 0 fully saturated rings. The zero-order chi connectivity index (χ0) is 20.7. The van der Waals surface area contributed by atoms with Crippen LogP contribution in [-0.4, -0.2) is 33.3 Å². The fraction of sp³-hybridized carbons (Fsp3) is 0.200. The molecule has 1 unspecified atom stereocenters. The smallest absolute Gasteiger partial charge is 0.309 e. The van der Waals surface area contributed by atoms with Crippen LogP contribution < -0.4 is 10.6 Å². The normalized spacial score (nSPS) is 12.3. The van der Waals surface area contributed by atoms with E-state index in [2.05, 4.69) is 10.6 Å². The Balaban J connectivity index is 1.63. The number of rotatable bonds is 8. The fourth-order valence-corrected chi connectivity index (χ4v) is 5.52. The minimum absolute atomic E-state index is 0.163. The van der Waals surface area contributed by atoms with Crippen molar-refractivity contribution in [2.45, 2.75) is 16.6 Å². The minimum atomic E-state index is -3.74. The number of furan rings is 1. The van der Waals surface area contributed by atoms with E-state index in [0.29, 0.717) is 17.1 Å². The molecule has 2 N–H and O–H groups in total. The van der Waals surface area contributed by atoms with Crippen molar-refractivity contribution in [2.24, 2.45) is 0 Å². The number of nitrogens with one attached hydrogen (secondary N) is 2. The van der Waals surface area contributed by atoms with Crippen molar-refractivity contribution >= 4 is 33.0 Å². The summed E-state index contributed by atoms with van der Waals surface area (Å²) in [5.74, 6) is -1.01. The van der Waals surface area contributed by atoms with Crippen LogP contribution in [0.3, 0.4) is 0 Å². The third-order valence-electron chi connectivity index (χ3n) is 4.20. The SMILES string of the molecule is O=C(NCCc1ccco1)C(=O)NCC(c1cccs1)S(=O)(=O)c1ccccc1. The van der Waals surface area contributed by atoms with Gasteiger partial charge in [0.1, 0.15) is 11.0 Å². The summed E-state index contributed by atoms with van der Waals surface area (Å²) in [6, 6.07) is 15.0. The molecule has 7 nitrogen and oxygen atoms in total. The predicted octanol–water partition coefficient (Wildman–Crippen LogP) is 2.33. The van der Waals surface area contributed by atoms with Crippen molar-refractivity contribution < 1.29 is 22.4 Å². The largest absolute Gasteiger partial charge is 0.469 e. The van der Waals surface area contributed by atoms with Gasteiger partial charge in [0.25, 0.3) is 0 Å². The number of amides is 2. The molecule has 0 aliphatic rings. The van der Waals surface area contributed by atoms with Gasteiger partial charge in [-0.3, -0.25) is 9.59 Å². The first-order valence-electron chi connectivity index (χ1n) is 8.89. The van der Waals surface area contributed by atoms with Crippen LogP contribution in [0.25, 0.3) is 0 Å². The van der Waals surface area contributed by atoms with E-state index < -0.39 is 26.9 Å². The Hall–Kier alpha value is -2.91. The molecule has 2 amide bonds. The highest BCUT2D eigenvalue weighted by molar-refractivity contribution is 7.91. The summed E-state index contributed by atoms with van der Waals surface area (Å²) in [4.78, 5) is 24.9. The van der Waals surface area contributed by atoms with Gasteiger partial charge in [0, 0.05) is 24.4 Å². The minimum Gasteiger partial charge on any atom is -0.469 e. The average Bonchev–Trinajstić information content (AvgIpc) is 3.43. The third kappa shape index (κ3) is 5.33. The molecule has 3 aromatic rings. The number of carbonyl (C=O) groups excluding carboxylic acids is 2. The number of thiophene rings is 1. The number of hydrogen-bond acceptors (Lipinski definition) is 6. The number of carbonyl (C=O) groups is 2. The molecule has 0 aliphatic carbocycles. The van der Waals surface area contributed by atoms with Crippen LogP contribution in [0.5, 0.6) is 0 Å². The van der Waals surface area contributed by atoms with Crippen LogP contribution in [0.2, 0.25) is 0 Å². The molecule has 2 heterocycles. The summed E-state index contributed by atoms with van der Waals surface area (Å²) >= 11 is 1.28. The molecule has 9 heteroatoms. The van der Waals surface area contributed by atoms with E-state index >= 15 is 0 Å². The Labute approximate surface area is 172 Å². The van der Waals surface area contributed by atoms with Crippen molar-refractivity contribution in [3.05, 3.63) is 76.9 Å². The maximum Gasteiger partial charge on any atom is 0.309 e. The highest BCUT2D eigenvalue weighted by Gasteiger charge is 2.31. The van der Waals surface area contributed by atoms with Gasteiger partial charge in [-0.2, -0.15) is 0 Å². The van der Waals surface area contributed by atoms with E-state index in [1.165, 1.54) is 29.7 Å². The first kappa shape index (κ1) is 20.8. The first-order valence-corrected chi connectivity index (χ1v) is 11.3. The second-order valence-electron chi connectivity index (χ2n) is 6.16. The molecule has 0 spiro atoms. The first-order chi connectivity index (χ1) is 14.0. The third-order valence-corrected chi connectivity index (χ3v) is 7.43. The van der Waals surface area contributed by atoms with Crippen molar-refractivity contribution in [3.63, 3.8) is 0 Å². The molecule has 2 aromatic heterocycles. The van der Waals surface area contributed by atoms with Gasteiger partial charge < -0.3 is 15.1 Å². The summed E-state index contributed by atoms with van der Waals surface area (Å²) in [5.41, 5.74) is 0. The van der Waals surface area contributed by atoms with Crippen LogP contribution in [0.15, 0.2) is 75.6 Å². The lowest BCUT2D eigenvalue weighted by Crippen LogP contribution is -2.42. The molecule has 0 aliphatic heterocycles. The van der Waals surface area contributed by atoms with Crippen molar-refractivity contribution in [1.29, 1.82) is 0 Å². The second kappa shape index (κ2) is 9.53. The number of hydrogen-bond donors (Lipinski definition) is 2. The van der Waals surface area contributed by atoms with E-state index in [9.17, 15) is 18.0 Å². The van der Waals surface area contributed by atoms with Gasteiger partial charge in [-0.15, -0.1) is 11.3 Å². The lowest BCUT2D eigenvalue weighted by atomic mass is 10.3. The van der Waals surface area contributed by atoms with Gasteiger partial charge in [0.05, 0.1) is 11.2 Å². The summed E-state index contributed by atoms with van der Waals surface area (Å²) in [6.07, 6.45) is 1.98. The van der Waals surface area contributed by atoms with Gasteiger partial charge in [-0.05, 0) is 35.7 Å².